The highest BCUT2D eigenvalue weighted by atomic mass is 19.4. The molecule has 0 atom stereocenters. The maximum atomic E-state index is 12.7. The molecule has 2 N–H and O–H groups in total. The molecule has 0 spiro atoms. The van der Waals surface area contributed by atoms with Gasteiger partial charge < -0.3 is 15.3 Å². The first-order valence-electron chi connectivity index (χ1n) is 6.12. The number of nitrogens with one attached hydrogen (secondary N) is 1. The number of carbonyl (C=O) groups is 2. The SMILES string of the molecule is O=C(O)C1CCN(C(=O)NC2(C(F)(F)F)CC2)CC1. The van der Waals surface area contributed by atoms with Crippen molar-refractivity contribution in [2.24, 2.45) is 5.92 Å². The van der Waals surface area contributed by atoms with Crippen molar-refractivity contribution in [3.05, 3.63) is 0 Å². The van der Waals surface area contributed by atoms with Crippen molar-refractivity contribution >= 4 is 12.0 Å². The number of likely N-dealkylation sites (tertiary alicyclic amines) is 1. The highest BCUT2D eigenvalue weighted by Crippen LogP contribution is 2.49. The van der Waals surface area contributed by atoms with Gasteiger partial charge in [0, 0.05) is 13.1 Å². The van der Waals surface area contributed by atoms with Gasteiger partial charge in [-0.05, 0) is 25.7 Å². The Labute approximate surface area is 107 Å². The number of rotatable bonds is 2. The molecule has 108 valence electrons. The molecular weight excluding hydrogens is 265 g/mol. The minimum absolute atomic E-state index is 0.0895. The Morgan fingerprint density at radius 3 is 2.11 bits per heavy atom. The Morgan fingerprint density at radius 2 is 1.74 bits per heavy atom. The van der Waals surface area contributed by atoms with Crippen LogP contribution in [0.25, 0.3) is 0 Å². The van der Waals surface area contributed by atoms with E-state index < -0.39 is 29.6 Å². The summed E-state index contributed by atoms with van der Waals surface area (Å²) in [6, 6.07) is -0.751. The zero-order valence-electron chi connectivity index (χ0n) is 10.2. The van der Waals surface area contributed by atoms with Gasteiger partial charge in [0.05, 0.1) is 5.92 Å². The smallest absolute Gasteiger partial charge is 0.411 e. The summed E-state index contributed by atoms with van der Waals surface area (Å²) in [6.45, 7) is 0.355. The predicted octanol–water partition coefficient (Wildman–Crippen LogP) is 1.59. The molecule has 2 amide bonds. The lowest BCUT2D eigenvalue weighted by Crippen LogP contribution is -2.54. The first-order chi connectivity index (χ1) is 8.75. The number of urea groups is 1. The number of carboxylic acids is 1. The second-order valence-electron chi connectivity index (χ2n) is 5.11. The summed E-state index contributed by atoms with van der Waals surface area (Å²) >= 11 is 0. The van der Waals surface area contributed by atoms with E-state index >= 15 is 0 Å². The van der Waals surface area contributed by atoms with Gasteiger partial charge in [0.25, 0.3) is 0 Å². The highest BCUT2D eigenvalue weighted by Gasteiger charge is 2.64. The summed E-state index contributed by atoms with van der Waals surface area (Å²) in [6.07, 6.45) is -4.05. The van der Waals surface area contributed by atoms with Crippen LogP contribution in [0.2, 0.25) is 0 Å². The molecule has 1 aliphatic heterocycles. The van der Waals surface area contributed by atoms with Crippen molar-refractivity contribution in [3.8, 4) is 0 Å². The molecule has 1 aliphatic carbocycles. The highest BCUT2D eigenvalue weighted by molar-refractivity contribution is 5.76. The lowest BCUT2D eigenvalue weighted by atomic mass is 9.97. The van der Waals surface area contributed by atoms with E-state index in [9.17, 15) is 22.8 Å². The molecule has 8 heteroatoms. The topological polar surface area (TPSA) is 69.6 Å². The van der Waals surface area contributed by atoms with Gasteiger partial charge in [0.15, 0.2) is 0 Å². The molecule has 19 heavy (non-hydrogen) atoms. The normalized spacial score (nSPS) is 23.0. The van der Waals surface area contributed by atoms with E-state index in [4.69, 9.17) is 5.11 Å². The van der Waals surface area contributed by atoms with Gasteiger partial charge in [-0.1, -0.05) is 0 Å². The number of carboxylic acid groups (broad SMARTS) is 1. The summed E-state index contributed by atoms with van der Waals surface area (Å²) in [5.41, 5.74) is -2.06. The minimum atomic E-state index is -4.43. The Balaban J connectivity index is 1.87. The maximum absolute atomic E-state index is 12.7. The summed E-state index contributed by atoms with van der Waals surface area (Å²) < 4.78 is 38.0. The second kappa shape index (κ2) is 4.57. The fourth-order valence-corrected chi connectivity index (χ4v) is 2.22. The lowest BCUT2D eigenvalue weighted by molar-refractivity contribution is -0.163. The second-order valence-corrected chi connectivity index (χ2v) is 5.11. The third kappa shape index (κ3) is 2.76. The summed E-state index contributed by atoms with van der Waals surface area (Å²) in [4.78, 5) is 23.7. The van der Waals surface area contributed by atoms with Crippen molar-refractivity contribution in [1.29, 1.82) is 0 Å². The first kappa shape index (κ1) is 14.0. The van der Waals surface area contributed by atoms with Crippen LogP contribution in [-0.4, -0.2) is 46.8 Å². The van der Waals surface area contributed by atoms with Crippen LogP contribution in [0.3, 0.4) is 0 Å². The van der Waals surface area contributed by atoms with Crippen molar-refractivity contribution in [2.75, 3.05) is 13.1 Å². The third-order valence-corrected chi connectivity index (χ3v) is 3.77. The molecule has 0 aromatic rings. The Morgan fingerprint density at radius 1 is 1.21 bits per heavy atom. The van der Waals surface area contributed by atoms with Crippen molar-refractivity contribution in [1.82, 2.24) is 10.2 Å². The molecule has 1 saturated heterocycles. The molecule has 2 rings (SSSR count). The standard InChI is InChI=1S/C11H15F3N2O3/c12-11(13,14)10(3-4-10)15-9(19)16-5-1-7(2-6-16)8(17)18/h7H,1-6H2,(H,15,19)(H,17,18). The van der Waals surface area contributed by atoms with Crippen molar-refractivity contribution in [3.63, 3.8) is 0 Å². The van der Waals surface area contributed by atoms with Crippen LogP contribution in [0.5, 0.6) is 0 Å². The number of aliphatic carboxylic acids is 1. The van der Waals surface area contributed by atoms with E-state index in [0.717, 1.165) is 0 Å². The van der Waals surface area contributed by atoms with E-state index in [-0.39, 0.29) is 38.8 Å². The molecule has 2 fully saturated rings. The van der Waals surface area contributed by atoms with Crippen LogP contribution in [0, 0.1) is 5.92 Å². The van der Waals surface area contributed by atoms with Crippen molar-refractivity contribution in [2.45, 2.75) is 37.4 Å². The van der Waals surface area contributed by atoms with Gasteiger partial charge in [-0.15, -0.1) is 0 Å². The predicted molar refractivity (Wildman–Crippen MR) is 58.5 cm³/mol. The van der Waals surface area contributed by atoms with Crippen LogP contribution in [0.4, 0.5) is 18.0 Å². The van der Waals surface area contributed by atoms with Gasteiger partial charge in [0.2, 0.25) is 0 Å². The van der Waals surface area contributed by atoms with Crippen LogP contribution >= 0.6 is 0 Å². The molecular formula is C11H15F3N2O3. The van der Waals surface area contributed by atoms with Gasteiger partial charge in [-0.3, -0.25) is 4.79 Å². The third-order valence-electron chi connectivity index (χ3n) is 3.77. The zero-order valence-corrected chi connectivity index (χ0v) is 10.2. The van der Waals surface area contributed by atoms with E-state index in [1.54, 1.807) is 0 Å². The fraction of sp³-hybridized carbons (Fsp3) is 0.818. The molecule has 0 radical (unpaired) electrons. The van der Waals surface area contributed by atoms with Crippen LogP contribution in [-0.2, 0) is 4.79 Å². The fourth-order valence-electron chi connectivity index (χ4n) is 2.22. The molecule has 1 saturated carbocycles. The summed E-state index contributed by atoms with van der Waals surface area (Å²) in [5.74, 6) is -1.43. The quantitative estimate of drug-likeness (QED) is 0.807. The molecule has 1 heterocycles. The lowest BCUT2D eigenvalue weighted by Gasteiger charge is -2.32. The van der Waals surface area contributed by atoms with Gasteiger partial charge >= 0.3 is 18.2 Å². The Kier molecular flexibility index (Phi) is 3.36. The average Bonchev–Trinajstić information content (AvgIpc) is 3.09. The molecule has 0 bridgehead atoms. The van der Waals surface area contributed by atoms with E-state index in [2.05, 4.69) is 0 Å². The van der Waals surface area contributed by atoms with Crippen LogP contribution in [0.15, 0.2) is 0 Å². The van der Waals surface area contributed by atoms with Crippen LogP contribution in [0.1, 0.15) is 25.7 Å². The molecule has 0 aromatic carbocycles. The largest absolute Gasteiger partial charge is 0.481 e. The molecule has 0 aromatic heterocycles. The van der Waals surface area contributed by atoms with E-state index in [1.807, 2.05) is 5.32 Å². The number of hydrogen-bond donors (Lipinski definition) is 2. The summed E-state index contributed by atoms with van der Waals surface area (Å²) in [7, 11) is 0. The number of amides is 2. The van der Waals surface area contributed by atoms with Crippen molar-refractivity contribution < 1.29 is 27.9 Å². The summed E-state index contributed by atoms with van der Waals surface area (Å²) in [5, 5.41) is 10.8. The number of carbonyl (C=O) groups excluding carboxylic acids is 1. The van der Waals surface area contributed by atoms with Crippen LogP contribution < -0.4 is 5.32 Å². The Bertz CT molecular complexity index is 385. The monoisotopic (exact) mass is 280 g/mol. The van der Waals surface area contributed by atoms with E-state index in [0.29, 0.717) is 0 Å². The average molecular weight is 280 g/mol. The molecule has 2 aliphatic rings. The Hall–Kier alpha value is -1.47. The minimum Gasteiger partial charge on any atom is -0.481 e. The zero-order chi connectivity index (χ0) is 14.3. The van der Waals surface area contributed by atoms with Gasteiger partial charge in [0.1, 0.15) is 5.54 Å². The number of alkyl halides is 3. The first-order valence-corrected chi connectivity index (χ1v) is 6.12. The van der Waals surface area contributed by atoms with Gasteiger partial charge in [-0.2, -0.15) is 13.2 Å². The number of nitrogens with zero attached hydrogens (tertiary/aromatic N) is 1. The number of halogens is 3. The number of hydrogen-bond acceptors (Lipinski definition) is 2. The van der Waals surface area contributed by atoms with Gasteiger partial charge in [-0.25, -0.2) is 4.79 Å². The number of piperidine rings is 1. The molecule has 0 unspecified atom stereocenters. The van der Waals surface area contributed by atoms with E-state index in [1.165, 1.54) is 4.90 Å². The maximum Gasteiger partial charge on any atom is 0.411 e. The molecule has 5 nitrogen and oxygen atoms in total.